The van der Waals surface area contributed by atoms with Crippen LogP contribution >= 0.6 is 0 Å². The molecule has 0 aromatic heterocycles. The van der Waals surface area contributed by atoms with Gasteiger partial charge in [-0.25, -0.2) is 9.59 Å². The van der Waals surface area contributed by atoms with E-state index in [2.05, 4.69) is 5.32 Å². The highest BCUT2D eigenvalue weighted by atomic mass is 16.6. The number of esters is 1. The molecule has 1 aromatic rings. The van der Waals surface area contributed by atoms with Crippen LogP contribution in [0.15, 0.2) is 24.3 Å². The Balaban J connectivity index is 2.94. The molecule has 1 aromatic carbocycles. The smallest absolute Gasteiger partial charge is 0.408 e. The number of non-ortho nitro benzene ring substituents is 1. The SMILES string of the molecule is CC(C)(C)OC(=O)N[C@H](Cc1ccc([N+](=O)[O-])cc1)C(=O)OC(C)(C)C. The van der Waals surface area contributed by atoms with Crippen LogP contribution in [0.3, 0.4) is 0 Å². The lowest BCUT2D eigenvalue weighted by Crippen LogP contribution is -2.47. The summed E-state index contributed by atoms with van der Waals surface area (Å²) in [6.45, 7) is 10.3. The number of hydrogen-bond acceptors (Lipinski definition) is 6. The number of nitro groups is 1. The predicted molar refractivity (Wildman–Crippen MR) is 95.8 cm³/mol. The van der Waals surface area contributed by atoms with Crippen molar-refractivity contribution in [3.8, 4) is 0 Å². The number of hydrogen-bond donors (Lipinski definition) is 1. The topological polar surface area (TPSA) is 108 Å². The van der Waals surface area contributed by atoms with Crippen LogP contribution < -0.4 is 5.32 Å². The highest BCUT2D eigenvalue weighted by Gasteiger charge is 2.29. The summed E-state index contributed by atoms with van der Waals surface area (Å²) in [6.07, 6.45) is -0.623. The molecule has 0 radical (unpaired) electrons. The quantitative estimate of drug-likeness (QED) is 0.486. The lowest BCUT2D eigenvalue weighted by Gasteiger charge is -2.26. The molecule has 0 heterocycles. The molecular weight excluding hydrogens is 340 g/mol. The second-order valence-corrected chi connectivity index (χ2v) is 7.86. The summed E-state index contributed by atoms with van der Waals surface area (Å²) in [5.74, 6) is -0.610. The van der Waals surface area contributed by atoms with Gasteiger partial charge in [-0.2, -0.15) is 0 Å². The maximum Gasteiger partial charge on any atom is 0.408 e. The van der Waals surface area contributed by atoms with Crippen LogP contribution in [0.4, 0.5) is 10.5 Å². The van der Waals surface area contributed by atoms with E-state index in [0.29, 0.717) is 5.56 Å². The van der Waals surface area contributed by atoms with E-state index in [1.54, 1.807) is 41.5 Å². The number of nitrogens with zero attached hydrogens (tertiary/aromatic N) is 1. The van der Waals surface area contributed by atoms with E-state index in [0.717, 1.165) is 0 Å². The minimum Gasteiger partial charge on any atom is -0.458 e. The first-order valence-electron chi connectivity index (χ1n) is 8.22. The largest absolute Gasteiger partial charge is 0.458 e. The van der Waals surface area contributed by atoms with Crippen molar-refractivity contribution in [2.75, 3.05) is 0 Å². The molecule has 1 amide bonds. The fourth-order valence-electron chi connectivity index (χ4n) is 2.01. The van der Waals surface area contributed by atoms with E-state index in [1.165, 1.54) is 24.3 Å². The number of ether oxygens (including phenoxy) is 2. The molecule has 0 spiro atoms. The Kier molecular flexibility index (Phi) is 6.72. The zero-order valence-corrected chi connectivity index (χ0v) is 16.0. The van der Waals surface area contributed by atoms with Crippen LogP contribution in [0.1, 0.15) is 47.1 Å². The number of carbonyl (C=O) groups is 2. The summed E-state index contributed by atoms with van der Waals surface area (Å²) in [6, 6.07) is 4.77. The number of nitrogens with one attached hydrogen (secondary N) is 1. The molecular formula is C18H26N2O6. The van der Waals surface area contributed by atoms with E-state index in [-0.39, 0.29) is 12.1 Å². The number of nitro benzene ring substituents is 1. The molecule has 0 saturated heterocycles. The minimum absolute atomic E-state index is 0.0531. The van der Waals surface area contributed by atoms with Crippen LogP contribution in [0, 0.1) is 10.1 Å². The van der Waals surface area contributed by atoms with Crippen LogP contribution in [0.2, 0.25) is 0 Å². The number of benzene rings is 1. The number of carbonyl (C=O) groups excluding carboxylic acids is 2. The van der Waals surface area contributed by atoms with Crippen molar-refractivity contribution in [2.24, 2.45) is 0 Å². The summed E-state index contributed by atoms with van der Waals surface area (Å²) in [4.78, 5) is 34.7. The Morgan fingerprint density at radius 1 is 1.04 bits per heavy atom. The number of rotatable bonds is 5. The van der Waals surface area contributed by atoms with Gasteiger partial charge in [0, 0.05) is 18.6 Å². The predicted octanol–water partition coefficient (Wildman–Crippen LogP) is 3.37. The van der Waals surface area contributed by atoms with Gasteiger partial charge in [-0.05, 0) is 47.1 Å². The summed E-state index contributed by atoms with van der Waals surface area (Å²) in [5, 5.41) is 13.2. The zero-order chi connectivity index (χ0) is 20.1. The molecule has 0 unspecified atom stereocenters. The van der Waals surface area contributed by atoms with Gasteiger partial charge >= 0.3 is 12.1 Å². The summed E-state index contributed by atoms with van der Waals surface area (Å²) >= 11 is 0. The van der Waals surface area contributed by atoms with Gasteiger partial charge in [0.05, 0.1) is 4.92 Å². The molecule has 8 heteroatoms. The molecule has 0 aliphatic rings. The normalized spacial score (nSPS) is 12.8. The molecule has 26 heavy (non-hydrogen) atoms. The first-order valence-corrected chi connectivity index (χ1v) is 8.22. The van der Waals surface area contributed by atoms with Crippen molar-refractivity contribution in [1.29, 1.82) is 0 Å². The summed E-state index contributed by atoms with van der Waals surface area (Å²) in [7, 11) is 0. The van der Waals surface area contributed by atoms with Crippen molar-refractivity contribution in [3.63, 3.8) is 0 Å². The Morgan fingerprint density at radius 2 is 1.54 bits per heavy atom. The minimum atomic E-state index is -0.981. The molecule has 1 rings (SSSR count). The molecule has 0 saturated carbocycles. The van der Waals surface area contributed by atoms with Gasteiger partial charge in [-0.15, -0.1) is 0 Å². The van der Waals surface area contributed by atoms with Gasteiger partial charge in [-0.1, -0.05) is 12.1 Å². The van der Waals surface area contributed by atoms with Crippen LogP contribution in [-0.4, -0.2) is 34.2 Å². The van der Waals surface area contributed by atoms with Crippen LogP contribution in [0.25, 0.3) is 0 Å². The molecule has 8 nitrogen and oxygen atoms in total. The van der Waals surface area contributed by atoms with Crippen molar-refractivity contribution < 1.29 is 24.0 Å². The van der Waals surface area contributed by atoms with Gasteiger partial charge in [0.1, 0.15) is 17.2 Å². The lowest BCUT2D eigenvalue weighted by atomic mass is 10.1. The maximum absolute atomic E-state index is 12.4. The molecule has 1 atom stereocenters. The molecule has 0 fully saturated rings. The fraction of sp³-hybridized carbons (Fsp3) is 0.556. The van der Waals surface area contributed by atoms with Gasteiger partial charge in [0.15, 0.2) is 0 Å². The molecule has 0 aliphatic carbocycles. The van der Waals surface area contributed by atoms with Crippen LogP contribution in [0.5, 0.6) is 0 Å². The Labute approximate surface area is 153 Å². The van der Waals surface area contributed by atoms with Gasteiger partial charge < -0.3 is 14.8 Å². The van der Waals surface area contributed by atoms with E-state index < -0.39 is 34.2 Å². The molecule has 0 bridgehead atoms. The van der Waals surface area contributed by atoms with Crippen LogP contribution in [-0.2, 0) is 20.7 Å². The third-order valence-electron chi connectivity index (χ3n) is 2.97. The number of amides is 1. The lowest BCUT2D eigenvalue weighted by molar-refractivity contribution is -0.384. The second kappa shape index (κ2) is 8.16. The van der Waals surface area contributed by atoms with E-state index >= 15 is 0 Å². The van der Waals surface area contributed by atoms with Crippen molar-refractivity contribution in [1.82, 2.24) is 5.32 Å². The summed E-state index contributed by atoms with van der Waals surface area (Å²) in [5.41, 5.74) is -0.846. The summed E-state index contributed by atoms with van der Waals surface area (Å²) < 4.78 is 10.5. The van der Waals surface area contributed by atoms with Crippen molar-refractivity contribution in [3.05, 3.63) is 39.9 Å². The van der Waals surface area contributed by atoms with Crippen molar-refractivity contribution in [2.45, 2.75) is 65.2 Å². The highest BCUT2D eigenvalue weighted by Crippen LogP contribution is 2.16. The molecule has 144 valence electrons. The van der Waals surface area contributed by atoms with Gasteiger partial charge in [0.2, 0.25) is 0 Å². The number of alkyl carbamates (subject to hydrolysis) is 1. The monoisotopic (exact) mass is 366 g/mol. The third kappa shape index (κ3) is 7.96. The van der Waals surface area contributed by atoms with Gasteiger partial charge in [-0.3, -0.25) is 10.1 Å². The fourth-order valence-corrected chi connectivity index (χ4v) is 2.01. The Bertz CT molecular complexity index is 656. The van der Waals surface area contributed by atoms with E-state index in [4.69, 9.17) is 9.47 Å². The average Bonchev–Trinajstić information content (AvgIpc) is 2.43. The van der Waals surface area contributed by atoms with Gasteiger partial charge in [0.25, 0.3) is 5.69 Å². The van der Waals surface area contributed by atoms with E-state index in [9.17, 15) is 19.7 Å². The first-order chi connectivity index (χ1) is 11.8. The second-order valence-electron chi connectivity index (χ2n) is 7.86. The Morgan fingerprint density at radius 3 is 1.96 bits per heavy atom. The molecule has 0 aliphatic heterocycles. The third-order valence-corrected chi connectivity index (χ3v) is 2.97. The van der Waals surface area contributed by atoms with Crippen molar-refractivity contribution >= 4 is 17.7 Å². The average molecular weight is 366 g/mol. The standard InChI is InChI=1S/C18H26N2O6/c1-17(2,3)25-15(21)14(19-16(22)26-18(4,5)6)11-12-7-9-13(10-8-12)20(23)24/h7-10,14H,11H2,1-6H3,(H,19,22)/t14-/m1/s1. The first kappa shape index (κ1) is 21.4. The van der Waals surface area contributed by atoms with E-state index in [1.807, 2.05) is 0 Å². The maximum atomic E-state index is 12.4. The molecule has 1 N–H and O–H groups in total. The Hall–Kier alpha value is -2.64. The highest BCUT2D eigenvalue weighted by molar-refractivity contribution is 5.82. The zero-order valence-electron chi connectivity index (χ0n) is 16.0.